The molecule has 1 N–H and O–H groups in total. The van der Waals surface area contributed by atoms with Gasteiger partial charge in [-0.2, -0.15) is 0 Å². The molecule has 13 heavy (non-hydrogen) atoms. The minimum atomic E-state index is 0.314. The zero-order valence-corrected chi connectivity index (χ0v) is 9.35. The molecule has 0 radical (unpaired) electrons. The highest BCUT2D eigenvalue weighted by Crippen LogP contribution is 2.33. The van der Waals surface area contributed by atoms with Gasteiger partial charge in [-0.3, -0.25) is 4.90 Å². The molecule has 0 aliphatic carbocycles. The van der Waals surface area contributed by atoms with E-state index in [-0.39, 0.29) is 0 Å². The van der Waals surface area contributed by atoms with Crippen LogP contribution in [0.5, 0.6) is 0 Å². The summed E-state index contributed by atoms with van der Waals surface area (Å²) < 4.78 is 0. The summed E-state index contributed by atoms with van der Waals surface area (Å²) in [6.07, 6.45) is 2.60. The van der Waals surface area contributed by atoms with Crippen LogP contribution in [0.1, 0.15) is 40.5 Å². The topological polar surface area (TPSA) is 15.0 Å². The van der Waals surface area contributed by atoms with Crippen molar-refractivity contribution in [3.8, 4) is 0 Å². The first-order valence-corrected chi connectivity index (χ1v) is 5.41. The summed E-state index contributed by atoms with van der Waals surface area (Å²) in [5.41, 5.74) is 0.629. The average Bonchev–Trinajstić information content (AvgIpc) is 2.57. The lowest BCUT2D eigenvalue weighted by Crippen LogP contribution is -2.60. The molecule has 2 rings (SSSR count). The van der Waals surface area contributed by atoms with E-state index in [4.69, 9.17) is 0 Å². The number of piperidine rings is 1. The van der Waals surface area contributed by atoms with Crippen molar-refractivity contribution in [1.29, 1.82) is 0 Å². The third-order valence-electron chi connectivity index (χ3n) is 3.17. The second-order valence-electron chi connectivity index (χ2n) is 5.99. The van der Waals surface area contributed by atoms with E-state index in [0.717, 1.165) is 6.04 Å². The van der Waals surface area contributed by atoms with Crippen LogP contribution < -0.4 is 5.32 Å². The fraction of sp³-hybridized carbons (Fsp3) is 1.00. The maximum Gasteiger partial charge on any atom is 0.0145 e. The van der Waals surface area contributed by atoms with Gasteiger partial charge in [0.1, 0.15) is 0 Å². The predicted molar refractivity (Wildman–Crippen MR) is 55.9 cm³/mol. The minimum Gasteiger partial charge on any atom is -0.307 e. The number of hydrogen-bond acceptors (Lipinski definition) is 2. The summed E-state index contributed by atoms with van der Waals surface area (Å²) >= 11 is 0. The van der Waals surface area contributed by atoms with E-state index in [1.165, 1.54) is 25.9 Å². The lowest BCUT2D eigenvalue weighted by atomic mass is 9.79. The Bertz CT molecular complexity index is 188. The molecule has 2 heterocycles. The first-order chi connectivity index (χ1) is 5.88. The second kappa shape index (κ2) is 2.71. The molecule has 2 nitrogen and oxygen atoms in total. The van der Waals surface area contributed by atoms with Gasteiger partial charge in [0.2, 0.25) is 0 Å². The van der Waals surface area contributed by atoms with Crippen LogP contribution in [0.3, 0.4) is 0 Å². The maximum absolute atomic E-state index is 3.72. The van der Waals surface area contributed by atoms with Gasteiger partial charge in [-0.15, -0.1) is 0 Å². The number of rotatable bonds is 1. The lowest BCUT2D eigenvalue weighted by molar-refractivity contribution is 0.120. The molecule has 2 fully saturated rings. The highest BCUT2D eigenvalue weighted by atomic mass is 15.3. The van der Waals surface area contributed by atoms with Gasteiger partial charge in [0.15, 0.2) is 0 Å². The Hall–Kier alpha value is -0.0800. The Kier molecular flexibility index (Phi) is 1.97. The molecule has 0 spiro atoms. The Morgan fingerprint density at radius 1 is 1.00 bits per heavy atom. The molecule has 0 aromatic carbocycles. The molecule has 0 atom stereocenters. The van der Waals surface area contributed by atoms with E-state index in [9.17, 15) is 0 Å². The van der Waals surface area contributed by atoms with Crippen molar-refractivity contribution in [2.24, 2.45) is 0 Å². The van der Waals surface area contributed by atoms with Crippen LogP contribution in [-0.4, -0.2) is 35.1 Å². The van der Waals surface area contributed by atoms with Crippen molar-refractivity contribution in [1.82, 2.24) is 10.2 Å². The van der Waals surface area contributed by atoms with E-state index >= 15 is 0 Å². The number of nitrogens with zero attached hydrogens (tertiary/aromatic N) is 1. The van der Waals surface area contributed by atoms with Gasteiger partial charge in [0, 0.05) is 30.2 Å². The van der Waals surface area contributed by atoms with E-state index < -0.39 is 0 Å². The first kappa shape index (κ1) is 9.47. The molecule has 0 unspecified atom stereocenters. The van der Waals surface area contributed by atoms with Crippen LogP contribution in [-0.2, 0) is 0 Å². The molecule has 0 aromatic rings. The quantitative estimate of drug-likeness (QED) is 0.620. The molecular weight excluding hydrogens is 160 g/mol. The zero-order chi connectivity index (χ0) is 9.69. The van der Waals surface area contributed by atoms with Gasteiger partial charge >= 0.3 is 0 Å². The van der Waals surface area contributed by atoms with Gasteiger partial charge < -0.3 is 5.32 Å². The van der Waals surface area contributed by atoms with Crippen molar-refractivity contribution < 1.29 is 0 Å². The van der Waals surface area contributed by atoms with Crippen molar-refractivity contribution in [3.63, 3.8) is 0 Å². The van der Waals surface area contributed by atoms with Gasteiger partial charge in [-0.1, -0.05) is 0 Å². The average molecular weight is 182 g/mol. The predicted octanol–water partition coefficient (Wildman–Crippen LogP) is 1.61. The van der Waals surface area contributed by atoms with Crippen molar-refractivity contribution in [2.45, 2.75) is 57.7 Å². The van der Waals surface area contributed by atoms with Crippen LogP contribution >= 0.6 is 0 Å². The van der Waals surface area contributed by atoms with Gasteiger partial charge in [0.05, 0.1) is 0 Å². The monoisotopic (exact) mass is 182 g/mol. The Morgan fingerprint density at radius 2 is 1.46 bits per heavy atom. The molecule has 0 amide bonds. The standard InChI is InChI=1S/C11H22N2/c1-10(2)7-9(13-5-6-13)8-11(3,4)12-10/h9,12H,5-8H2,1-4H3. The molecule has 0 bridgehead atoms. The molecular formula is C11H22N2. The molecule has 0 saturated carbocycles. The molecule has 76 valence electrons. The second-order valence-corrected chi connectivity index (χ2v) is 5.99. The van der Waals surface area contributed by atoms with Gasteiger partial charge in [0.25, 0.3) is 0 Å². The van der Waals surface area contributed by atoms with Crippen LogP contribution in [0.2, 0.25) is 0 Å². The van der Waals surface area contributed by atoms with Crippen LogP contribution in [0.4, 0.5) is 0 Å². The summed E-state index contributed by atoms with van der Waals surface area (Å²) in [5, 5.41) is 3.72. The first-order valence-electron chi connectivity index (χ1n) is 5.41. The summed E-state index contributed by atoms with van der Waals surface area (Å²) in [4.78, 5) is 2.60. The minimum absolute atomic E-state index is 0.314. The molecule has 2 aliphatic heterocycles. The van der Waals surface area contributed by atoms with Crippen molar-refractivity contribution in [3.05, 3.63) is 0 Å². The third kappa shape index (κ3) is 2.23. The molecule has 2 saturated heterocycles. The summed E-state index contributed by atoms with van der Waals surface area (Å²) in [5.74, 6) is 0. The number of nitrogens with one attached hydrogen (secondary N) is 1. The summed E-state index contributed by atoms with van der Waals surface area (Å²) in [6.45, 7) is 12.0. The van der Waals surface area contributed by atoms with E-state index in [1.54, 1.807) is 0 Å². The van der Waals surface area contributed by atoms with E-state index in [2.05, 4.69) is 37.9 Å². The van der Waals surface area contributed by atoms with Gasteiger partial charge in [-0.05, 0) is 40.5 Å². The maximum atomic E-state index is 3.72. The normalized spacial score (nSPS) is 33.2. The fourth-order valence-electron chi connectivity index (χ4n) is 2.95. The molecule has 2 aliphatic rings. The fourth-order valence-corrected chi connectivity index (χ4v) is 2.95. The van der Waals surface area contributed by atoms with Crippen LogP contribution in [0.25, 0.3) is 0 Å². The number of hydrogen-bond donors (Lipinski definition) is 1. The molecule has 2 heteroatoms. The van der Waals surface area contributed by atoms with E-state index in [0.29, 0.717) is 11.1 Å². The smallest absolute Gasteiger partial charge is 0.0145 e. The third-order valence-corrected chi connectivity index (χ3v) is 3.17. The largest absolute Gasteiger partial charge is 0.307 e. The highest BCUT2D eigenvalue weighted by Gasteiger charge is 2.42. The lowest BCUT2D eigenvalue weighted by Gasteiger charge is -2.47. The Labute approximate surface area is 81.7 Å². The SMILES string of the molecule is CC1(C)CC(N2CC2)CC(C)(C)N1. The van der Waals surface area contributed by atoms with Crippen LogP contribution in [0.15, 0.2) is 0 Å². The van der Waals surface area contributed by atoms with E-state index in [1.807, 2.05) is 0 Å². The van der Waals surface area contributed by atoms with Crippen LogP contribution in [0, 0.1) is 0 Å². The highest BCUT2D eigenvalue weighted by molar-refractivity contribution is 5.02. The zero-order valence-electron chi connectivity index (χ0n) is 9.35. The summed E-state index contributed by atoms with van der Waals surface area (Å²) in [7, 11) is 0. The Balaban J connectivity index is 2.06. The molecule has 0 aromatic heterocycles. The van der Waals surface area contributed by atoms with Crippen molar-refractivity contribution in [2.75, 3.05) is 13.1 Å². The van der Waals surface area contributed by atoms with Gasteiger partial charge in [-0.25, -0.2) is 0 Å². The summed E-state index contributed by atoms with van der Waals surface area (Å²) in [6, 6.07) is 0.825. The van der Waals surface area contributed by atoms with Crippen molar-refractivity contribution >= 4 is 0 Å². The Morgan fingerprint density at radius 3 is 1.85 bits per heavy atom.